The van der Waals surface area contributed by atoms with Crippen molar-refractivity contribution in [3.63, 3.8) is 0 Å². The van der Waals surface area contributed by atoms with E-state index in [9.17, 15) is 5.11 Å². The van der Waals surface area contributed by atoms with Gasteiger partial charge in [0, 0.05) is 22.2 Å². The molecule has 1 atom stereocenters. The molecular formula is C15H23NO2. The summed E-state index contributed by atoms with van der Waals surface area (Å²) in [5.41, 5.74) is 0.873. The summed E-state index contributed by atoms with van der Waals surface area (Å²) < 4.78 is 57.1. The molecule has 2 N–H and O–H groups in total. The standard InChI is InChI=1S/C15H23NO2/c1-4-7-13-8-5-6-9-15(13)18-11-14(17)10-16-12(2)3/h4-6,8-9,12,14,16-17H,1,7,10-11H2,2-3H3/i2D3,3D3,12D. The zero-order valence-corrected chi connectivity index (χ0v) is 10.1. The van der Waals surface area contributed by atoms with Crippen molar-refractivity contribution in [1.29, 1.82) is 0 Å². The molecule has 0 amide bonds. The molecular weight excluding hydrogens is 226 g/mol. The second-order valence-electron chi connectivity index (χ2n) is 3.82. The normalized spacial score (nSPS) is 20.2. The summed E-state index contributed by atoms with van der Waals surface area (Å²) in [5.74, 6) is 0.547. The predicted octanol–water partition coefficient (Wildman–Crippen LogP) is 2.15. The number of hydrogen-bond acceptors (Lipinski definition) is 3. The molecule has 0 aliphatic heterocycles. The monoisotopic (exact) mass is 256 g/mol. The Balaban J connectivity index is 2.68. The maximum atomic E-state index is 9.97. The van der Waals surface area contributed by atoms with E-state index < -0.39 is 32.4 Å². The minimum atomic E-state index is -3.09. The molecule has 18 heavy (non-hydrogen) atoms. The van der Waals surface area contributed by atoms with E-state index in [4.69, 9.17) is 14.3 Å². The Morgan fingerprint density at radius 3 is 3.06 bits per heavy atom. The maximum absolute atomic E-state index is 9.97. The molecule has 0 aliphatic carbocycles. The SMILES string of the molecule is [2H]C([2H])([2H])C([2H])(NCC(O)COc1ccccc1CC=C)C([2H])([2H])[2H]. The highest BCUT2D eigenvalue weighted by Crippen LogP contribution is 2.18. The fourth-order valence-corrected chi connectivity index (χ4v) is 1.43. The van der Waals surface area contributed by atoms with E-state index in [0.717, 1.165) is 5.56 Å². The summed E-state index contributed by atoms with van der Waals surface area (Å²) in [5, 5.41) is 12.1. The van der Waals surface area contributed by atoms with E-state index in [1.165, 1.54) is 0 Å². The summed E-state index contributed by atoms with van der Waals surface area (Å²) in [6.45, 7) is -3.12. The van der Waals surface area contributed by atoms with Crippen LogP contribution in [-0.4, -0.2) is 30.4 Å². The van der Waals surface area contributed by atoms with Crippen LogP contribution in [0.5, 0.6) is 5.75 Å². The molecule has 0 aromatic heterocycles. The lowest BCUT2D eigenvalue weighted by atomic mass is 10.1. The molecule has 100 valence electrons. The van der Waals surface area contributed by atoms with Gasteiger partial charge in [-0.1, -0.05) is 38.0 Å². The number of nitrogens with one attached hydrogen (secondary N) is 1. The molecule has 0 heterocycles. The number of allylic oxidation sites excluding steroid dienone is 1. The third-order valence-corrected chi connectivity index (χ3v) is 2.28. The molecule has 3 nitrogen and oxygen atoms in total. The van der Waals surface area contributed by atoms with Crippen molar-refractivity contribution >= 4 is 0 Å². The van der Waals surface area contributed by atoms with Gasteiger partial charge in [-0.05, 0) is 18.1 Å². The second-order valence-corrected chi connectivity index (χ2v) is 3.82. The lowest BCUT2D eigenvalue weighted by molar-refractivity contribution is 0.104. The number of para-hydroxylation sites is 1. The van der Waals surface area contributed by atoms with Crippen LogP contribution in [0.1, 0.15) is 28.9 Å². The molecule has 1 rings (SSSR count). The van der Waals surface area contributed by atoms with Crippen LogP contribution in [0.4, 0.5) is 0 Å². The summed E-state index contributed by atoms with van der Waals surface area (Å²) >= 11 is 0. The Morgan fingerprint density at radius 1 is 1.56 bits per heavy atom. The third kappa shape index (κ3) is 5.34. The van der Waals surface area contributed by atoms with E-state index in [0.29, 0.717) is 12.2 Å². The summed E-state index contributed by atoms with van der Waals surface area (Å²) in [6.07, 6.45) is 1.10. The van der Waals surface area contributed by atoms with Crippen LogP contribution in [-0.2, 0) is 6.42 Å². The molecule has 3 heteroatoms. The fraction of sp³-hybridized carbons (Fsp3) is 0.467. The molecule has 1 aromatic rings. The van der Waals surface area contributed by atoms with Gasteiger partial charge >= 0.3 is 0 Å². The fourth-order valence-electron chi connectivity index (χ4n) is 1.43. The number of aliphatic hydroxyl groups excluding tert-OH is 1. The number of rotatable bonds is 8. The molecule has 0 saturated carbocycles. The largest absolute Gasteiger partial charge is 0.491 e. The van der Waals surface area contributed by atoms with Crippen LogP contribution in [0, 0.1) is 0 Å². The van der Waals surface area contributed by atoms with Crippen molar-refractivity contribution in [2.24, 2.45) is 0 Å². The first-order chi connectivity index (χ1) is 11.4. The Kier molecular flexibility index (Phi) is 3.21. The van der Waals surface area contributed by atoms with Crippen molar-refractivity contribution in [3.8, 4) is 5.75 Å². The smallest absolute Gasteiger partial charge is 0.122 e. The average Bonchev–Trinajstić information content (AvgIpc) is 2.49. The highest BCUT2D eigenvalue weighted by Gasteiger charge is 2.07. The van der Waals surface area contributed by atoms with Crippen LogP contribution in [0.25, 0.3) is 0 Å². The van der Waals surface area contributed by atoms with Crippen LogP contribution in [0.3, 0.4) is 0 Å². The first kappa shape index (κ1) is 7.31. The zero-order valence-electron chi connectivity index (χ0n) is 17.1. The summed E-state index contributed by atoms with van der Waals surface area (Å²) in [7, 11) is 0. The molecule has 0 spiro atoms. The number of aliphatic hydroxyl groups is 1. The van der Waals surface area contributed by atoms with Crippen LogP contribution >= 0.6 is 0 Å². The van der Waals surface area contributed by atoms with E-state index in [2.05, 4.69) is 11.9 Å². The van der Waals surface area contributed by atoms with E-state index >= 15 is 0 Å². The van der Waals surface area contributed by atoms with Crippen molar-refractivity contribution in [2.45, 2.75) is 32.2 Å². The Hall–Kier alpha value is -1.32. The van der Waals surface area contributed by atoms with Gasteiger partial charge in [0.1, 0.15) is 18.5 Å². The number of benzene rings is 1. The highest BCUT2D eigenvalue weighted by molar-refractivity contribution is 5.34. The third-order valence-electron chi connectivity index (χ3n) is 2.28. The molecule has 1 unspecified atom stereocenters. The topological polar surface area (TPSA) is 41.5 Å². The van der Waals surface area contributed by atoms with Gasteiger partial charge in [0.15, 0.2) is 0 Å². The van der Waals surface area contributed by atoms with Crippen LogP contribution < -0.4 is 10.1 Å². The zero-order chi connectivity index (χ0) is 19.3. The van der Waals surface area contributed by atoms with Crippen LogP contribution in [0.2, 0.25) is 0 Å². The lowest BCUT2D eigenvalue weighted by Crippen LogP contribution is -2.35. The van der Waals surface area contributed by atoms with Crippen molar-refractivity contribution in [3.05, 3.63) is 42.5 Å². The first-order valence-corrected chi connectivity index (χ1v) is 5.67. The van der Waals surface area contributed by atoms with Crippen LogP contribution in [0.15, 0.2) is 36.9 Å². The van der Waals surface area contributed by atoms with E-state index in [-0.39, 0.29) is 6.61 Å². The molecule has 1 aromatic carbocycles. The van der Waals surface area contributed by atoms with Crippen molar-refractivity contribution < 1.29 is 19.4 Å². The Labute approximate surface area is 119 Å². The number of ether oxygens (including phenoxy) is 1. The molecule has 0 saturated heterocycles. The Bertz CT molecular complexity index is 558. The molecule has 0 fully saturated rings. The summed E-state index contributed by atoms with van der Waals surface area (Å²) in [6, 6.07) is 4.30. The minimum Gasteiger partial charge on any atom is -0.491 e. The van der Waals surface area contributed by atoms with Gasteiger partial charge in [-0.25, -0.2) is 0 Å². The van der Waals surface area contributed by atoms with E-state index in [1.54, 1.807) is 18.2 Å². The summed E-state index contributed by atoms with van der Waals surface area (Å²) in [4.78, 5) is 0. The first-order valence-electron chi connectivity index (χ1n) is 9.17. The lowest BCUT2D eigenvalue weighted by Gasteiger charge is -2.16. The average molecular weight is 256 g/mol. The van der Waals surface area contributed by atoms with Gasteiger partial charge in [-0.3, -0.25) is 0 Å². The van der Waals surface area contributed by atoms with Crippen molar-refractivity contribution in [2.75, 3.05) is 13.2 Å². The van der Waals surface area contributed by atoms with Gasteiger partial charge in [0.25, 0.3) is 0 Å². The quantitative estimate of drug-likeness (QED) is 0.700. The minimum absolute atomic E-state index is 0.181. The van der Waals surface area contributed by atoms with Gasteiger partial charge in [-0.2, -0.15) is 0 Å². The molecule has 0 aliphatic rings. The molecule has 0 bridgehead atoms. The maximum Gasteiger partial charge on any atom is 0.122 e. The Morgan fingerprint density at radius 2 is 2.33 bits per heavy atom. The van der Waals surface area contributed by atoms with Gasteiger partial charge in [0.05, 0.1) is 0 Å². The number of hydrogen-bond donors (Lipinski definition) is 2. The molecule has 0 radical (unpaired) electrons. The highest BCUT2D eigenvalue weighted by atomic mass is 16.5. The van der Waals surface area contributed by atoms with Gasteiger partial charge < -0.3 is 15.2 Å². The van der Waals surface area contributed by atoms with E-state index in [1.807, 2.05) is 12.1 Å². The predicted molar refractivity (Wildman–Crippen MR) is 75.0 cm³/mol. The van der Waals surface area contributed by atoms with Gasteiger partial charge in [-0.15, -0.1) is 6.58 Å². The second kappa shape index (κ2) is 7.90. The van der Waals surface area contributed by atoms with Crippen molar-refractivity contribution in [1.82, 2.24) is 5.32 Å². The van der Waals surface area contributed by atoms with Gasteiger partial charge in [0.2, 0.25) is 0 Å².